The van der Waals surface area contributed by atoms with Crippen molar-refractivity contribution in [3.8, 4) is 33.9 Å². The molecule has 4 aromatic carbocycles. The molecule has 0 spiro atoms. The van der Waals surface area contributed by atoms with E-state index in [1.54, 1.807) is 30.5 Å². The molecule has 0 fully saturated rings. The van der Waals surface area contributed by atoms with Crippen LogP contribution in [0.2, 0.25) is 0 Å². The average Bonchev–Trinajstić information content (AvgIpc) is 3.17. The lowest BCUT2D eigenvalue weighted by Crippen LogP contribution is -2.21. The van der Waals surface area contributed by atoms with Gasteiger partial charge >= 0.3 is 5.97 Å². The first-order valence-electron chi connectivity index (χ1n) is 13.3. The average molecular weight is 563 g/mol. The molecule has 5 aromatic rings. The van der Waals surface area contributed by atoms with Crippen LogP contribution in [0.4, 0.5) is 27.4 Å². The predicted octanol–water partition coefficient (Wildman–Crippen LogP) is 7.10. The van der Waals surface area contributed by atoms with E-state index in [2.05, 4.69) is 16.4 Å². The van der Waals surface area contributed by atoms with Crippen LogP contribution in [0.1, 0.15) is 15.9 Å². The number of anilines is 4. The van der Waals surface area contributed by atoms with Gasteiger partial charge in [-0.25, -0.2) is 19.2 Å². The highest BCUT2D eigenvalue weighted by Gasteiger charge is 2.27. The molecular formula is C33H27FN4O4. The third-order valence-electron chi connectivity index (χ3n) is 7.25. The number of fused-ring (bicyclic) bond motifs is 3. The van der Waals surface area contributed by atoms with Gasteiger partial charge in [-0.05, 0) is 53.4 Å². The highest BCUT2D eigenvalue weighted by Crippen LogP contribution is 2.45. The molecule has 2 N–H and O–H groups in total. The van der Waals surface area contributed by atoms with Crippen molar-refractivity contribution in [2.24, 2.45) is 0 Å². The number of carbonyl (C=O) groups is 1. The lowest BCUT2D eigenvalue weighted by molar-refractivity contribution is 0.0693. The SMILES string of the molecule is COc1cc(Nc2ncc3c(n2)-c2ccc(-c4ccccc4)cc2N(c2c(F)cccc2OC)CC3)ccc1C(=O)O. The number of hydrogen-bond acceptors (Lipinski definition) is 7. The standard InChI is InChI=1S/C33H27FN4O4/c1-41-28-10-6-9-26(34)31(28)38-16-15-22-19-35-33(36-23-12-14-25(32(39)40)29(18-23)42-2)37-30(22)24-13-11-21(17-27(24)38)20-7-4-3-5-8-20/h3-14,17-19H,15-16H2,1-2H3,(H,39,40)(H,35,36,37). The summed E-state index contributed by atoms with van der Waals surface area (Å²) in [5, 5.41) is 12.6. The van der Waals surface area contributed by atoms with Crippen LogP contribution in [0, 0.1) is 5.82 Å². The summed E-state index contributed by atoms with van der Waals surface area (Å²) in [4.78, 5) is 22.9. The van der Waals surface area contributed by atoms with Gasteiger partial charge in [0, 0.05) is 30.1 Å². The fourth-order valence-corrected chi connectivity index (χ4v) is 5.23. The van der Waals surface area contributed by atoms with Crippen molar-refractivity contribution in [1.29, 1.82) is 0 Å². The molecule has 9 heteroatoms. The fourth-order valence-electron chi connectivity index (χ4n) is 5.23. The van der Waals surface area contributed by atoms with Crippen LogP contribution < -0.4 is 19.7 Å². The summed E-state index contributed by atoms with van der Waals surface area (Å²) in [5.74, 6) is -0.487. The van der Waals surface area contributed by atoms with Crippen LogP contribution in [0.15, 0.2) is 91.1 Å². The number of rotatable bonds is 7. The van der Waals surface area contributed by atoms with Crippen molar-refractivity contribution in [2.45, 2.75) is 6.42 Å². The van der Waals surface area contributed by atoms with Crippen LogP contribution in [-0.2, 0) is 6.42 Å². The predicted molar refractivity (Wildman–Crippen MR) is 160 cm³/mol. The van der Waals surface area contributed by atoms with E-state index >= 15 is 4.39 Å². The van der Waals surface area contributed by atoms with Crippen molar-refractivity contribution in [3.05, 3.63) is 108 Å². The molecule has 0 bridgehead atoms. The molecule has 0 unspecified atom stereocenters. The number of carboxylic acids is 1. The number of hydrogen-bond donors (Lipinski definition) is 2. The largest absolute Gasteiger partial charge is 0.496 e. The Balaban J connectivity index is 1.48. The van der Waals surface area contributed by atoms with E-state index in [0.29, 0.717) is 41.7 Å². The second-order valence-corrected chi connectivity index (χ2v) is 9.70. The van der Waals surface area contributed by atoms with Crippen molar-refractivity contribution in [1.82, 2.24) is 9.97 Å². The maximum absolute atomic E-state index is 15.4. The van der Waals surface area contributed by atoms with Gasteiger partial charge in [0.05, 0.1) is 25.6 Å². The van der Waals surface area contributed by atoms with Gasteiger partial charge in [-0.15, -0.1) is 0 Å². The third kappa shape index (κ3) is 4.96. The van der Waals surface area contributed by atoms with Gasteiger partial charge in [-0.1, -0.05) is 48.5 Å². The zero-order chi connectivity index (χ0) is 29.2. The Kier molecular flexibility index (Phi) is 7.14. The molecule has 8 nitrogen and oxygen atoms in total. The number of carboxylic acid groups (broad SMARTS) is 1. The summed E-state index contributed by atoms with van der Waals surface area (Å²) in [6.45, 7) is 0.472. The van der Waals surface area contributed by atoms with Crippen LogP contribution in [0.25, 0.3) is 22.4 Å². The van der Waals surface area contributed by atoms with E-state index in [1.807, 2.05) is 47.4 Å². The van der Waals surface area contributed by atoms with Crippen LogP contribution in [0.3, 0.4) is 0 Å². The van der Waals surface area contributed by atoms with Gasteiger partial charge < -0.3 is 24.8 Å². The second kappa shape index (κ2) is 11.2. The molecule has 0 aliphatic carbocycles. The summed E-state index contributed by atoms with van der Waals surface area (Å²) in [7, 11) is 2.95. The molecule has 0 amide bonds. The zero-order valence-corrected chi connectivity index (χ0v) is 23.0. The maximum Gasteiger partial charge on any atom is 0.339 e. The van der Waals surface area contributed by atoms with Gasteiger partial charge in [0.25, 0.3) is 0 Å². The highest BCUT2D eigenvalue weighted by atomic mass is 19.1. The summed E-state index contributed by atoms with van der Waals surface area (Å²) in [5.41, 5.74) is 6.23. The number of ether oxygens (including phenoxy) is 2. The molecule has 1 aliphatic heterocycles. The quantitative estimate of drug-likeness (QED) is 0.217. The number of benzene rings is 4. The Morgan fingerprint density at radius 1 is 0.929 bits per heavy atom. The van der Waals surface area contributed by atoms with Gasteiger partial charge in [0.15, 0.2) is 5.82 Å². The van der Waals surface area contributed by atoms with E-state index in [-0.39, 0.29) is 17.1 Å². The van der Waals surface area contributed by atoms with E-state index in [1.165, 1.54) is 26.4 Å². The van der Waals surface area contributed by atoms with Crippen LogP contribution >= 0.6 is 0 Å². The first-order chi connectivity index (χ1) is 20.5. The Labute approximate surface area is 242 Å². The second-order valence-electron chi connectivity index (χ2n) is 9.70. The first kappa shape index (κ1) is 26.8. The normalized spacial score (nSPS) is 12.1. The molecule has 1 aliphatic rings. The number of para-hydroxylation sites is 1. The van der Waals surface area contributed by atoms with Gasteiger partial charge in [0.2, 0.25) is 5.95 Å². The van der Waals surface area contributed by atoms with Crippen molar-refractivity contribution in [3.63, 3.8) is 0 Å². The lowest BCUT2D eigenvalue weighted by atomic mass is 9.99. The third-order valence-corrected chi connectivity index (χ3v) is 7.25. The van der Waals surface area contributed by atoms with E-state index in [0.717, 1.165) is 27.9 Å². The number of halogens is 1. The number of nitrogens with one attached hydrogen (secondary N) is 1. The van der Waals surface area contributed by atoms with Crippen LogP contribution in [0.5, 0.6) is 11.5 Å². The van der Waals surface area contributed by atoms with Crippen molar-refractivity contribution < 1.29 is 23.8 Å². The maximum atomic E-state index is 15.4. The summed E-state index contributed by atoms with van der Waals surface area (Å²) in [6.07, 6.45) is 2.33. The molecule has 0 saturated heterocycles. The molecular weight excluding hydrogens is 535 g/mol. The first-order valence-corrected chi connectivity index (χ1v) is 13.3. The molecule has 0 saturated carbocycles. The van der Waals surface area contributed by atoms with Gasteiger partial charge in [-0.2, -0.15) is 0 Å². The molecule has 42 heavy (non-hydrogen) atoms. The number of nitrogens with zero attached hydrogens (tertiary/aromatic N) is 3. The number of methoxy groups -OCH3 is 2. The molecule has 0 atom stereocenters. The van der Waals surface area contributed by atoms with Gasteiger partial charge in [0.1, 0.15) is 22.7 Å². The smallest absolute Gasteiger partial charge is 0.339 e. The highest BCUT2D eigenvalue weighted by molar-refractivity contribution is 5.92. The molecule has 0 radical (unpaired) electrons. The fraction of sp³-hybridized carbons (Fsp3) is 0.121. The summed E-state index contributed by atoms with van der Waals surface area (Å²) < 4.78 is 26.3. The minimum Gasteiger partial charge on any atom is -0.496 e. The monoisotopic (exact) mass is 562 g/mol. The Bertz CT molecular complexity index is 1800. The van der Waals surface area contributed by atoms with E-state index in [9.17, 15) is 9.90 Å². The Hall–Kier alpha value is -5.44. The molecule has 1 aromatic heterocycles. The van der Waals surface area contributed by atoms with Crippen LogP contribution in [-0.4, -0.2) is 41.8 Å². The molecule has 210 valence electrons. The zero-order valence-electron chi connectivity index (χ0n) is 23.0. The molecule has 2 heterocycles. The minimum absolute atomic E-state index is 0.0534. The van der Waals surface area contributed by atoms with Crippen molar-refractivity contribution >= 4 is 29.0 Å². The Morgan fingerprint density at radius 2 is 1.74 bits per heavy atom. The van der Waals surface area contributed by atoms with Gasteiger partial charge in [-0.3, -0.25) is 0 Å². The van der Waals surface area contributed by atoms with E-state index < -0.39 is 5.97 Å². The number of aromatic nitrogens is 2. The topological polar surface area (TPSA) is 96.8 Å². The van der Waals surface area contributed by atoms with E-state index in [4.69, 9.17) is 14.5 Å². The molecule has 6 rings (SSSR count). The minimum atomic E-state index is -1.08. The summed E-state index contributed by atoms with van der Waals surface area (Å²) in [6, 6.07) is 25.6. The summed E-state index contributed by atoms with van der Waals surface area (Å²) >= 11 is 0. The lowest BCUT2D eigenvalue weighted by Gasteiger charge is -2.27. The van der Waals surface area contributed by atoms with Crippen molar-refractivity contribution in [2.75, 3.05) is 31.0 Å². The Morgan fingerprint density at radius 3 is 2.50 bits per heavy atom. The number of aromatic carboxylic acids is 1.